The van der Waals surface area contributed by atoms with E-state index in [2.05, 4.69) is 67.8 Å². The predicted octanol–water partition coefficient (Wildman–Crippen LogP) is -8.92. The molecule has 506 valence electrons. The van der Waals surface area contributed by atoms with Crippen molar-refractivity contribution >= 4 is 88.9 Å². The lowest BCUT2D eigenvalue weighted by Crippen LogP contribution is -2.61. The molecule has 0 aliphatic carbocycles. The highest BCUT2D eigenvalue weighted by Gasteiger charge is 2.36. The molecule has 0 aromatic carbocycles. The molecule has 0 unspecified atom stereocenters. The summed E-state index contributed by atoms with van der Waals surface area (Å²) in [5.74, 6) is -12.2. The summed E-state index contributed by atoms with van der Waals surface area (Å²) in [7, 11) is 0. The first kappa shape index (κ1) is 80.1. The number of guanidine groups is 4. The standard InChI is InChI=1S/C52H100N24O13/c1-26(2)24-35(45(85)75-36(25-77)46(86)68-28(5)48(88)89)74-43(83)33(15-10-22-66-51(60)61)73-47(87)38(27(3)4)76-44(84)34(16-11-23-67-52(62)63)72-40(80)30(12-6-7-19-53)70-42(82)32(14-9-21-65-50(58)59)71-41(81)31(13-8-20-64-49(56)57)69-39(79)29(54)17-18-37(55)78/h26-36,38,77H,6-25,53-54H2,1-5H3,(H2,55,78)(H,68,86)(H,69,79)(H,70,82)(H,71,81)(H,72,80)(H,73,87)(H,74,83)(H,75,85)(H,76,84)(H,88,89)(H4,56,57,64)(H4,58,59,65)(H4,60,61,66)(H4,62,63,67)/t28-,29-,30-,31-,32-,33-,34-,35-,36-,38-/m0/s1. The van der Waals surface area contributed by atoms with Gasteiger partial charge in [-0.3, -0.25) is 72.7 Å². The fraction of sp³-hybridized carbons (Fsp3) is 0.712. The van der Waals surface area contributed by atoms with Crippen LogP contribution in [-0.4, -0.2) is 199 Å². The molecule has 37 heteroatoms. The number of aliphatic imine (C=N–C) groups is 4. The van der Waals surface area contributed by atoms with Gasteiger partial charge in [0.2, 0.25) is 59.1 Å². The highest BCUT2D eigenvalue weighted by molar-refractivity contribution is 5.98. The molecule has 37 nitrogen and oxygen atoms in total. The summed E-state index contributed by atoms with van der Waals surface area (Å²) in [6.07, 6.45) is 0.168. The van der Waals surface area contributed by atoms with Gasteiger partial charge < -0.3 is 121 Å². The third kappa shape index (κ3) is 35.5. The highest BCUT2D eigenvalue weighted by Crippen LogP contribution is 2.13. The maximum Gasteiger partial charge on any atom is 0.325 e. The Bertz CT molecular complexity index is 2430. The summed E-state index contributed by atoms with van der Waals surface area (Å²) in [6.45, 7) is 7.07. The van der Waals surface area contributed by atoms with Crippen molar-refractivity contribution in [1.82, 2.24) is 47.9 Å². The Morgan fingerprint density at radius 2 is 0.708 bits per heavy atom. The van der Waals surface area contributed by atoms with Gasteiger partial charge in [-0.25, -0.2) is 0 Å². The van der Waals surface area contributed by atoms with Crippen LogP contribution in [0, 0.1) is 11.8 Å². The van der Waals surface area contributed by atoms with E-state index in [0.717, 1.165) is 0 Å². The average Bonchev–Trinajstić information content (AvgIpc) is 1.81. The minimum Gasteiger partial charge on any atom is -0.480 e. The molecule has 0 saturated heterocycles. The quantitative estimate of drug-likeness (QED) is 0.0153. The van der Waals surface area contributed by atoms with Gasteiger partial charge in [-0.15, -0.1) is 0 Å². The number of amides is 10. The zero-order valence-electron chi connectivity index (χ0n) is 51.6. The van der Waals surface area contributed by atoms with Crippen LogP contribution in [0.4, 0.5) is 0 Å². The fourth-order valence-corrected chi connectivity index (χ4v) is 8.24. The predicted molar refractivity (Wildman–Crippen MR) is 331 cm³/mol. The van der Waals surface area contributed by atoms with Crippen LogP contribution in [0.5, 0.6) is 0 Å². The van der Waals surface area contributed by atoms with E-state index < -0.39 is 138 Å². The van der Waals surface area contributed by atoms with Gasteiger partial charge in [0.1, 0.15) is 54.4 Å². The molecular weight excluding hydrogens is 1170 g/mol. The number of primary amides is 1. The minimum atomic E-state index is -1.62. The van der Waals surface area contributed by atoms with Crippen LogP contribution in [-0.2, 0) is 52.7 Å². The molecule has 0 aliphatic heterocycles. The van der Waals surface area contributed by atoms with Crippen LogP contribution in [0.15, 0.2) is 20.0 Å². The molecular formula is C52H100N24O13. The molecule has 0 aromatic heterocycles. The van der Waals surface area contributed by atoms with Gasteiger partial charge in [-0.05, 0) is 109 Å². The number of unbranched alkanes of at least 4 members (excludes halogenated alkanes) is 1. The van der Waals surface area contributed by atoms with E-state index in [1.807, 2.05) is 0 Å². The van der Waals surface area contributed by atoms with Crippen LogP contribution in [0.1, 0.15) is 125 Å². The number of rotatable bonds is 46. The van der Waals surface area contributed by atoms with E-state index in [1.54, 1.807) is 27.7 Å². The lowest BCUT2D eigenvalue weighted by molar-refractivity contribution is -0.142. The van der Waals surface area contributed by atoms with Crippen molar-refractivity contribution in [1.29, 1.82) is 0 Å². The molecule has 0 saturated carbocycles. The van der Waals surface area contributed by atoms with Gasteiger partial charge in [0, 0.05) is 32.6 Å². The Hall–Kier alpha value is -8.87. The first-order chi connectivity index (χ1) is 41.7. The Morgan fingerprint density at radius 3 is 1.03 bits per heavy atom. The van der Waals surface area contributed by atoms with Gasteiger partial charge >= 0.3 is 5.97 Å². The monoisotopic (exact) mass is 1270 g/mol. The summed E-state index contributed by atoms with van der Waals surface area (Å²) in [5, 5.41) is 42.1. The third-order valence-corrected chi connectivity index (χ3v) is 13.1. The Morgan fingerprint density at radius 1 is 0.393 bits per heavy atom. The van der Waals surface area contributed by atoms with Crippen LogP contribution >= 0.6 is 0 Å². The van der Waals surface area contributed by atoms with Gasteiger partial charge in [0.15, 0.2) is 23.8 Å². The summed E-state index contributed by atoms with van der Waals surface area (Å²) in [5.41, 5.74) is 61.2. The van der Waals surface area contributed by atoms with E-state index in [-0.39, 0.29) is 146 Å². The van der Waals surface area contributed by atoms with Crippen molar-refractivity contribution in [2.75, 3.05) is 39.3 Å². The number of aliphatic hydroxyl groups is 1. The van der Waals surface area contributed by atoms with Crippen molar-refractivity contribution in [2.24, 2.45) is 94.9 Å². The van der Waals surface area contributed by atoms with Crippen molar-refractivity contribution in [3.8, 4) is 0 Å². The number of nitrogens with zero attached hydrogens (tertiary/aromatic N) is 4. The Labute approximate surface area is 517 Å². The molecule has 0 fully saturated rings. The largest absolute Gasteiger partial charge is 0.480 e. The number of carboxylic acids is 1. The van der Waals surface area contributed by atoms with Crippen molar-refractivity contribution in [3.63, 3.8) is 0 Å². The minimum absolute atomic E-state index is 0.000817. The van der Waals surface area contributed by atoms with E-state index in [1.165, 1.54) is 6.92 Å². The first-order valence-electron chi connectivity index (χ1n) is 29.3. The number of nitrogens with two attached hydrogens (primary N) is 11. The number of hydrogen-bond acceptors (Lipinski definition) is 18. The summed E-state index contributed by atoms with van der Waals surface area (Å²) < 4.78 is 0. The highest BCUT2D eigenvalue weighted by atomic mass is 16.4. The van der Waals surface area contributed by atoms with Gasteiger partial charge in [-0.2, -0.15) is 0 Å². The molecule has 0 rings (SSSR count). The lowest BCUT2D eigenvalue weighted by Gasteiger charge is -2.29. The smallest absolute Gasteiger partial charge is 0.325 e. The van der Waals surface area contributed by atoms with Crippen LogP contribution in [0.2, 0.25) is 0 Å². The Balaban J connectivity index is 7.26. The molecule has 0 radical (unpaired) electrons. The molecule has 0 spiro atoms. The SMILES string of the molecule is CC(C)C[C@H](NC(=O)[C@H](CCCN=C(N)N)NC(=O)[C@@H](NC(=O)[C@H](CCCN=C(N)N)NC(=O)[C@H](CCCCN)NC(=O)[C@H](CCCN=C(N)N)NC(=O)[C@H](CCCN=C(N)N)NC(=O)[C@@H](N)CCC(N)=O)C(C)C)C(=O)N[C@@H](CO)C(=O)N[C@@H](C)C(=O)O. The van der Waals surface area contributed by atoms with Crippen LogP contribution in [0.3, 0.4) is 0 Å². The van der Waals surface area contributed by atoms with E-state index in [9.17, 15) is 63.0 Å². The molecule has 33 N–H and O–H groups in total. The molecule has 0 bridgehead atoms. The average molecular weight is 1270 g/mol. The normalized spacial score (nSPS) is 14.3. The second-order valence-electron chi connectivity index (χ2n) is 21.7. The number of hydrogen-bond donors (Lipinski definition) is 22. The second kappa shape index (κ2) is 43.7. The second-order valence-corrected chi connectivity index (χ2v) is 21.7. The van der Waals surface area contributed by atoms with Crippen molar-refractivity contribution in [2.45, 2.75) is 185 Å². The Kier molecular flexibility index (Phi) is 39.3. The topological polar surface area (TPSA) is 672 Å². The molecule has 0 heterocycles. The summed E-state index contributed by atoms with van der Waals surface area (Å²) in [4.78, 5) is 164. The van der Waals surface area contributed by atoms with E-state index in [4.69, 9.17) is 63.1 Å². The number of aliphatic hydroxyl groups excluding tert-OH is 1. The van der Waals surface area contributed by atoms with Crippen molar-refractivity contribution in [3.05, 3.63) is 0 Å². The van der Waals surface area contributed by atoms with Gasteiger partial charge in [0.25, 0.3) is 0 Å². The third-order valence-electron chi connectivity index (χ3n) is 13.1. The fourth-order valence-electron chi connectivity index (χ4n) is 8.24. The zero-order valence-corrected chi connectivity index (χ0v) is 51.6. The zero-order chi connectivity index (χ0) is 67.9. The molecule has 10 amide bonds. The molecule has 0 aliphatic rings. The number of carbonyl (C=O) groups excluding carboxylic acids is 10. The molecule has 89 heavy (non-hydrogen) atoms. The summed E-state index contributed by atoms with van der Waals surface area (Å²) in [6, 6.07) is -14.1. The number of carboxylic acid groups (broad SMARTS) is 1. The first-order valence-corrected chi connectivity index (χ1v) is 29.3. The maximum absolute atomic E-state index is 14.5. The summed E-state index contributed by atoms with van der Waals surface area (Å²) >= 11 is 0. The number of aliphatic carboxylic acids is 1. The van der Waals surface area contributed by atoms with Crippen molar-refractivity contribution < 1.29 is 63.0 Å². The van der Waals surface area contributed by atoms with Crippen LogP contribution in [0.25, 0.3) is 0 Å². The van der Waals surface area contributed by atoms with E-state index >= 15 is 0 Å². The van der Waals surface area contributed by atoms with Gasteiger partial charge in [0.05, 0.1) is 12.6 Å². The van der Waals surface area contributed by atoms with Gasteiger partial charge in [-0.1, -0.05) is 27.7 Å². The molecule has 10 atom stereocenters. The van der Waals surface area contributed by atoms with Crippen LogP contribution < -0.4 is 111 Å². The lowest BCUT2D eigenvalue weighted by atomic mass is 9.99. The van der Waals surface area contributed by atoms with E-state index in [0.29, 0.717) is 6.42 Å². The number of nitrogens with one attached hydrogen (secondary N) is 9. The maximum atomic E-state index is 14.5. The molecule has 0 aromatic rings. The number of carbonyl (C=O) groups is 11.